The Hall–Kier alpha value is -1.70. The Bertz CT molecular complexity index is 543. The fourth-order valence-electron chi connectivity index (χ4n) is 2.85. The number of benzene rings is 1. The Kier molecular flexibility index (Phi) is 6.01. The highest BCUT2D eigenvalue weighted by Gasteiger charge is 2.25. The number of urea groups is 1. The van der Waals surface area contributed by atoms with Crippen molar-refractivity contribution in [1.82, 2.24) is 10.4 Å². The summed E-state index contributed by atoms with van der Waals surface area (Å²) in [5, 5.41) is 0. The van der Waals surface area contributed by atoms with Gasteiger partial charge < -0.3 is 14.4 Å². The molecule has 6 nitrogen and oxygen atoms in total. The first-order valence-corrected chi connectivity index (χ1v) is 8.35. The molecule has 1 atom stereocenters. The molecule has 2 aliphatic heterocycles. The molecule has 2 aliphatic rings. The van der Waals surface area contributed by atoms with E-state index in [0.717, 1.165) is 19.3 Å². The smallest absolute Gasteiger partial charge is 0.341 e. The molecule has 1 aromatic carbocycles. The molecule has 1 N–H and O–H groups in total. The topological polar surface area (TPSA) is 60.0 Å². The number of hydrogen-bond acceptors (Lipinski definition) is 4. The molecule has 0 saturated carbocycles. The number of rotatable bonds is 5. The SMILES string of the molecule is O=C(NOC1CCOC1)N1CCC(OCc2ccccc2F)CC1. The number of piperidine rings is 1. The zero-order chi connectivity index (χ0) is 16.8. The Morgan fingerprint density at radius 3 is 2.75 bits per heavy atom. The number of nitrogens with zero attached hydrogens (tertiary/aromatic N) is 1. The minimum Gasteiger partial charge on any atom is -0.379 e. The molecule has 0 aromatic heterocycles. The first kappa shape index (κ1) is 17.1. The molecular weight excluding hydrogens is 315 g/mol. The van der Waals surface area contributed by atoms with Crippen LogP contribution in [0.1, 0.15) is 24.8 Å². The van der Waals surface area contributed by atoms with Crippen molar-refractivity contribution in [2.24, 2.45) is 0 Å². The normalized spacial score (nSPS) is 21.9. The van der Waals surface area contributed by atoms with Crippen LogP contribution in [0.5, 0.6) is 0 Å². The molecule has 2 amide bonds. The summed E-state index contributed by atoms with van der Waals surface area (Å²) in [7, 11) is 0. The van der Waals surface area contributed by atoms with Crippen LogP contribution in [0.25, 0.3) is 0 Å². The van der Waals surface area contributed by atoms with E-state index in [1.807, 2.05) is 0 Å². The molecule has 0 spiro atoms. The van der Waals surface area contributed by atoms with E-state index in [0.29, 0.717) is 31.9 Å². The molecule has 1 aromatic rings. The first-order chi connectivity index (χ1) is 11.7. The maximum Gasteiger partial charge on any atom is 0.341 e. The highest BCUT2D eigenvalue weighted by Crippen LogP contribution is 2.17. The standard InChI is InChI=1S/C17H23FN2O4/c18-16-4-2-1-3-13(16)11-23-14-5-8-20(9-6-14)17(21)19-24-15-7-10-22-12-15/h1-4,14-15H,5-12H2,(H,19,21). The molecule has 0 bridgehead atoms. The summed E-state index contributed by atoms with van der Waals surface area (Å²) in [6.45, 7) is 2.64. The van der Waals surface area contributed by atoms with Gasteiger partial charge in [0.15, 0.2) is 0 Å². The number of likely N-dealkylation sites (tertiary alicyclic amines) is 1. The third-order valence-corrected chi connectivity index (χ3v) is 4.36. The summed E-state index contributed by atoms with van der Waals surface area (Å²) >= 11 is 0. The molecule has 2 fully saturated rings. The van der Waals surface area contributed by atoms with Gasteiger partial charge >= 0.3 is 6.03 Å². The van der Waals surface area contributed by atoms with Gasteiger partial charge in [0.05, 0.1) is 19.3 Å². The fourth-order valence-corrected chi connectivity index (χ4v) is 2.85. The zero-order valence-corrected chi connectivity index (χ0v) is 13.6. The number of halogens is 1. The van der Waals surface area contributed by atoms with Crippen molar-refractivity contribution in [2.75, 3.05) is 26.3 Å². The van der Waals surface area contributed by atoms with E-state index in [1.165, 1.54) is 6.07 Å². The van der Waals surface area contributed by atoms with Gasteiger partial charge in [-0.2, -0.15) is 0 Å². The van der Waals surface area contributed by atoms with E-state index < -0.39 is 0 Å². The first-order valence-electron chi connectivity index (χ1n) is 8.35. The molecule has 7 heteroatoms. The molecule has 2 heterocycles. The lowest BCUT2D eigenvalue weighted by molar-refractivity contribution is -0.0262. The van der Waals surface area contributed by atoms with Crippen molar-refractivity contribution in [2.45, 2.75) is 38.1 Å². The van der Waals surface area contributed by atoms with Crippen LogP contribution in [0, 0.1) is 5.82 Å². The monoisotopic (exact) mass is 338 g/mol. The second-order valence-corrected chi connectivity index (χ2v) is 6.10. The van der Waals surface area contributed by atoms with Gasteiger partial charge in [-0.15, -0.1) is 0 Å². The van der Waals surface area contributed by atoms with Crippen molar-refractivity contribution < 1.29 is 23.5 Å². The molecule has 24 heavy (non-hydrogen) atoms. The summed E-state index contributed by atoms with van der Waals surface area (Å²) in [6.07, 6.45) is 2.24. The van der Waals surface area contributed by atoms with E-state index in [-0.39, 0.29) is 30.7 Å². The van der Waals surface area contributed by atoms with Crippen molar-refractivity contribution in [3.63, 3.8) is 0 Å². The van der Waals surface area contributed by atoms with Crippen LogP contribution in [-0.2, 0) is 20.9 Å². The molecule has 0 radical (unpaired) electrons. The fraction of sp³-hybridized carbons (Fsp3) is 0.588. The Morgan fingerprint density at radius 2 is 2.04 bits per heavy atom. The summed E-state index contributed by atoms with van der Waals surface area (Å²) < 4.78 is 24.5. The third kappa shape index (κ3) is 4.66. The van der Waals surface area contributed by atoms with Gasteiger partial charge in [0, 0.05) is 31.7 Å². The van der Waals surface area contributed by atoms with Crippen molar-refractivity contribution in [3.05, 3.63) is 35.6 Å². The third-order valence-electron chi connectivity index (χ3n) is 4.36. The number of amides is 2. The molecule has 1 unspecified atom stereocenters. The van der Waals surface area contributed by atoms with Gasteiger partial charge in [0.1, 0.15) is 11.9 Å². The summed E-state index contributed by atoms with van der Waals surface area (Å²) in [5.74, 6) is -0.248. The van der Waals surface area contributed by atoms with Gasteiger partial charge in [-0.1, -0.05) is 18.2 Å². The van der Waals surface area contributed by atoms with E-state index in [1.54, 1.807) is 23.1 Å². The minimum absolute atomic E-state index is 0.0396. The summed E-state index contributed by atoms with van der Waals surface area (Å²) in [5.41, 5.74) is 3.05. The number of hydrogen-bond donors (Lipinski definition) is 1. The van der Waals surface area contributed by atoms with Crippen molar-refractivity contribution in [1.29, 1.82) is 0 Å². The maximum atomic E-state index is 13.6. The van der Waals surface area contributed by atoms with Gasteiger partial charge in [-0.25, -0.2) is 14.7 Å². The Balaban J connectivity index is 1.36. The van der Waals surface area contributed by atoms with Crippen molar-refractivity contribution >= 4 is 6.03 Å². The predicted molar refractivity (Wildman–Crippen MR) is 84.6 cm³/mol. The highest BCUT2D eigenvalue weighted by atomic mass is 19.1. The molecule has 2 saturated heterocycles. The predicted octanol–water partition coefficient (Wildman–Crippen LogP) is 2.24. The Morgan fingerprint density at radius 1 is 1.25 bits per heavy atom. The quantitative estimate of drug-likeness (QED) is 0.837. The average molecular weight is 338 g/mol. The van der Waals surface area contributed by atoms with E-state index in [4.69, 9.17) is 14.3 Å². The van der Waals surface area contributed by atoms with Crippen LogP contribution in [-0.4, -0.2) is 49.4 Å². The van der Waals surface area contributed by atoms with E-state index in [2.05, 4.69) is 5.48 Å². The van der Waals surface area contributed by atoms with Crippen molar-refractivity contribution in [3.8, 4) is 0 Å². The Labute approximate surface area is 140 Å². The number of nitrogens with one attached hydrogen (secondary N) is 1. The van der Waals surface area contributed by atoms with E-state index >= 15 is 0 Å². The second kappa shape index (κ2) is 8.41. The highest BCUT2D eigenvalue weighted by molar-refractivity contribution is 5.73. The van der Waals surface area contributed by atoms with Gasteiger partial charge in [0.2, 0.25) is 0 Å². The van der Waals surface area contributed by atoms with Crippen LogP contribution >= 0.6 is 0 Å². The molecule has 132 valence electrons. The minimum atomic E-state index is -0.248. The number of hydroxylamine groups is 1. The van der Waals surface area contributed by atoms with Crippen LogP contribution in [0.3, 0.4) is 0 Å². The van der Waals surface area contributed by atoms with Crippen LogP contribution in [0.2, 0.25) is 0 Å². The summed E-state index contributed by atoms with van der Waals surface area (Å²) in [6, 6.07) is 6.39. The molecular formula is C17H23FN2O4. The molecule has 3 rings (SSSR count). The van der Waals surface area contributed by atoms with Gasteiger partial charge in [0.25, 0.3) is 0 Å². The zero-order valence-electron chi connectivity index (χ0n) is 13.6. The largest absolute Gasteiger partial charge is 0.379 e. The molecule has 0 aliphatic carbocycles. The summed E-state index contributed by atoms with van der Waals surface area (Å²) in [4.78, 5) is 19.1. The lowest BCUT2D eigenvalue weighted by Crippen LogP contribution is -2.46. The second-order valence-electron chi connectivity index (χ2n) is 6.10. The van der Waals surface area contributed by atoms with Crippen LogP contribution in [0.4, 0.5) is 9.18 Å². The van der Waals surface area contributed by atoms with Gasteiger partial charge in [-0.05, 0) is 18.9 Å². The number of ether oxygens (including phenoxy) is 2. The van der Waals surface area contributed by atoms with E-state index in [9.17, 15) is 9.18 Å². The lowest BCUT2D eigenvalue weighted by atomic mass is 10.1. The van der Waals surface area contributed by atoms with Crippen LogP contribution < -0.4 is 5.48 Å². The number of carbonyl (C=O) groups is 1. The lowest BCUT2D eigenvalue weighted by Gasteiger charge is -2.32. The van der Waals surface area contributed by atoms with Crippen LogP contribution in [0.15, 0.2) is 24.3 Å². The average Bonchev–Trinajstić information content (AvgIpc) is 3.13. The van der Waals surface area contributed by atoms with Gasteiger partial charge in [-0.3, -0.25) is 4.84 Å². The maximum absolute atomic E-state index is 13.6. The number of carbonyl (C=O) groups excluding carboxylic acids is 1.